The van der Waals surface area contributed by atoms with Crippen LogP contribution in [-0.4, -0.2) is 47.8 Å². The Morgan fingerprint density at radius 1 is 1.40 bits per heavy atom. The number of carboxylic acids is 1. The molecule has 0 aromatic rings. The van der Waals surface area contributed by atoms with Crippen LogP contribution in [0.1, 0.15) is 32.1 Å². The summed E-state index contributed by atoms with van der Waals surface area (Å²) in [6.45, 7) is 2.88. The zero-order chi connectivity index (χ0) is 10.7. The fourth-order valence-electron chi connectivity index (χ4n) is 2.65. The monoisotopic (exact) mass is 213 g/mol. The van der Waals surface area contributed by atoms with Crippen LogP contribution in [0.4, 0.5) is 0 Å². The van der Waals surface area contributed by atoms with Gasteiger partial charge < -0.3 is 9.84 Å². The number of hydrogen-bond donors (Lipinski definition) is 1. The third-order valence-electron chi connectivity index (χ3n) is 3.39. The smallest absolute Gasteiger partial charge is 0.305 e. The number of aliphatic carboxylic acids is 1. The lowest BCUT2D eigenvalue weighted by molar-refractivity contribution is -0.139. The molecule has 2 saturated heterocycles. The van der Waals surface area contributed by atoms with Crippen LogP contribution in [0, 0.1) is 0 Å². The average Bonchev–Trinajstić information content (AvgIpc) is 2.87. The summed E-state index contributed by atoms with van der Waals surface area (Å²) in [6, 6.07) is 0.104. The summed E-state index contributed by atoms with van der Waals surface area (Å²) in [4.78, 5) is 13.1. The molecule has 2 rings (SSSR count). The highest BCUT2D eigenvalue weighted by molar-refractivity contribution is 5.67. The van der Waals surface area contributed by atoms with Gasteiger partial charge in [-0.3, -0.25) is 9.69 Å². The Labute approximate surface area is 90.2 Å². The summed E-state index contributed by atoms with van der Waals surface area (Å²) in [6.07, 6.45) is 4.87. The maximum absolute atomic E-state index is 10.8. The SMILES string of the molecule is O=C(O)CC(C1CCCO1)N1CCCC1. The molecule has 2 unspecified atom stereocenters. The van der Waals surface area contributed by atoms with Crippen LogP contribution < -0.4 is 0 Å². The quantitative estimate of drug-likeness (QED) is 0.760. The molecule has 0 spiro atoms. The van der Waals surface area contributed by atoms with E-state index in [-0.39, 0.29) is 18.6 Å². The molecule has 4 heteroatoms. The van der Waals surface area contributed by atoms with Gasteiger partial charge in [0.2, 0.25) is 0 Å². The third-order valence-corrected chi connectivity index (χ3v) is 3.39. The Hall–Kier alpha value is -0.610. The summed E-state index contributed by atoms with van der Waals surface area (Å²) >= 11 is 0. The Morgan fingerprint density at radius 2 is 2.13 bits per heavy atom. The fraction of sp³-hybridized carbons (Fsp3) is 0.909. The highest BCUT2D eigenvalue weighted by atomic mass is 16.5. The van der Waals surface area contributed by atoms with Gasteiger partial charge in [0.05, 0.1) is 12.5 Å². The van der Waals surface area contributed by atoms with Crippen molar-refractivity contribution in [1.29, 1.82) is 0 Å². The number of nitrogens with zero attached hydrogens (tertiary/aromatic N) is 1. The van der Waals surface area contributed by atoms with E-state index in [0.717, 1.165) is 32.5 Å². The molecule has 4 nitrogen and oxygen atoms in total. The second-order valence-electron chi connectivity index (χ2n) is 4.46. The standard InChI is InChI=1S/C11H19NO3/c13-11(14)8-9(10-4-3-7-15-10)12-5-1-2-6-12/h9-10H,1-8H2,(H,13,14). The van der Waals surface area contributed by atoms with Gasteiger partial charge in [-0.05, 0) is 38.8 Å². The number of likely N-dealkylation sites (tertiary alicyclic amines) is 1. The lowest BCUT2D eigenvalue weighted by Gasteiger charge is -2.30. The van der Waals surface area contributed by atoms with Crippen molar-refractivity contribution in [2.24, 2.45) is 0 Å². The molecule has 0 saturated carbocycles. The molecule has 0 radical (unpaired) electrons. The molecule has 1 N–H and O–H groups in total. The highest BCUT2D eigenvalue weighted by Gasteiger charge is 2.33. The summed E-state index contributed by atoms with van der Waals surface area (Å²) in [5, 5.41) is 8.92. The van der Waals surface area contributed by atoms with E-state index >= 15 is 0 Å². The molecule has 2 atom stereocenters. The molecule has 2 aliphatic heterocycles. The van der Waals surface area contributed by atoms with Crippen LogP contribution in [0.2, 0.25) is 0 Å². The molecule has 86 valence electrons. The minimum Gasteiger partial charge on any atom is -0.481 e. The van der Waals surface area contributed by atoms with Gasteiger partial charge in [0.1, 0.15) is 0 Å². The van der Waals surface area contributed by atoms with Crippen molar-refractivity contribution in [2.45, 2.75) is 44.2 Å². The first-order valence-electron chi connectivity index (χ1n) is 5.85. The van der Waals surface area contributed by atoms with Crippen molar-refractivity contribution >= 4 is 5.97 Å². The van der Waals surface area contributed by atoms with Gasteiger partial charge in [-0.2, -0.15) is 0 Å². The maximum Gasteiger partial charge on any atom is 0.305 e. The van der Waals surface area contributed by atoms with E-state index < -0.39 is 5.97 Å². The van der Waals surface area contributed by atoms with Crippen molar-refractivity contribution in [3.8, 4) is 0 Å². The van der Waals surface area contributed by atoms with Crippen molar-refractivity contribution in [3.05, 3.63) is 0 Å². The van der Waals surface area contributed by atoms with Gasteiger partial charge in [-0.1, -0.05) is 0 Å². The van der Waals surface area contributed by atoms with E-state index in [4.69, 9.17) is 9.84 Å². The molecule has 0 amide bonds. The molecule has 0 bridgehead atoms. The molecule has 2 heterocycles. The summed E-state index contributed by atoms with van der Waals surface area (Å²) in [7, 11) is 0. The molecule has 15 heavy (non-hydrogen) atoms. The molecular formula is C11H19NO3. The summed E-state index contributed by atoms with van der Waals surface area (Å²) in [5.74, 6) is -0.706. The van der Waals surface area contributed by atoms with E-state index in [1.54, 1.807) is 0 Å². The average molecular weight is 213 g/mol. The number of ether oxygens (including phenoxy) is 1. The summed E-state index contributed by atoms with van der Waals surface area (Å²) in [5.41, 5.74) is 0. The molecule has 0 aliphatic carbocycles. The van der Waals surface area contributed by atoms with E-state index in [0.29, 0.717) is 0 Å². The Balaban J connectivity index is 1.97. The van der Waals surface area contributed by atoms with Gasteiger partial charge in [-0.15, -0.1) is 0 Å². The van der Waals surface area contributed by atoms with Crippen molar-refractivity contribution < 1.29 is 14.6 Å². The molecule has 2 fully saturated rings. The van der Waals surface area contributed by atoms with Gasteiger partial charge >= 0.3 is 5.97 Å². The van der Waals surface area contributed by atoms with Gasteiger partial charge in [0, 0.05) is 12.6 Å². The Morgan fingerprint density at radius 3 is 2.67 bits per heavy atom. The number of hydrogen-bond acceptors (Lipinski definition) is 3. The lowest BCUT2D eigenvalue weighted by atomic mass is 10.0. The van der Waals surface area contributed by atoms with Crippen LogP contribution in [0.25, 0.3) is 0 Å². The molecule has 0 aromatic heterocycles. The Kier molecular flexibility index (Phi) is 3.59. The molecule has 0 aromatic carbocycles. The normalized spacial score (nSPS) is 29.5. The first-order chi connectivity index (χ1) is 7.27. The van der Waals surface area contributed by atoms with Crippen molar-refractivity contribution in [1.82, 2.24) is 4.90 Å². The minimum absolute atomic E-state index is 0.104. The highest BCUT2D eigenvalue weighted by Crippen LogP contribution is 2.25. The number of rotatable bonds is 4. The Bertz CT molecular complexity index is 204. The third kappa shape index (κ3) is 2.69. The van der Waals surface area contributed by atoms with E-state index in [9.17, 15) is 4.79 Å². The summed E-state index contributed by atoms with van der Waals surface area (Å²) < 4.78 is 5.62. The predicted molar refractivity (Wildman–Crippen MR) is 55.8 cm³/mol. The largest absolute Gasteiger partial charge is 0.481 e. The van der Waals surface area contributed by atoms with Crippen LogP contribution >= 0.6 is 0 Å². The van der Waals surface area contributed by atoms with Crippen LogP contribution in [0.3, 0.4) is 0 Å². The zero-order valence-corrected chi connectivity index (χ0v) is 9.02. The van der Waals surface area contributed by atoms with Gasteiger partial charge in [0.25, 0.3) is 0 Å². The molecular weight excluding hydrogens is 194 g/mol. The van der Waals surface area contributed by atoms with Gasteiger partial charge in [0.15, 0.2) is 0 Å². The fourth-order valence-corrected chi connectivity index (χ4v) is 2.65. The maximum atomic E-state index is 10.8. The van der Waals surface area contributed by atoms with Gasteiger partial charge in [-0.25, -0.2) is 0 Å². The minimum atomic E-state index is -0.706. The second kappa shape index (κ2) is 4.94. The number of carboxylic acid groups (broad SMARTS) is 1. The van der Waals surface area contributed by atoms with Crippen molar-refractivity contribution in [2.75, 3.05) is 19.7 Å². The van der Waals surface area contributed by atoms with E-state index in [1.807, 2.05) is 0 Å². The predicted octanol–water partition coefficient (Wildman–Crippen LogP) is 1.10. The van der Waals surface area contributed by atoms with E-state index in [1.165, 1.54) is 12.8 Å². The first kappa shape index (κ1) is 10.9. The van der Waals surface area contributed by atoms with Crippen LogP contribution in [-0.2, 0) is 9.53 Å². The number of carbonyl (C=O) groups is 1. The molecule has 2 aliphatic rings. The van der Waals surface area contributed by atoms with Crippen LogP contribution in [0.5, 0.6) is 0 Å². The van der Waals surface area contributed by atoms with Crippen molar-refractivity contribution in [3.63, 3.8) is 0 Å². The lowest BCUT2D eigenvalue weighted by Crippen LogP contribution is -2.43. The van der Waals surface area contributed by atoms with Crippen LogP contribution in [0.15, 0.2) is 0 Å². The topological polar surface area (TPSA) is 49.8 Å². The first-order valence-corrected chi connectivity index (χ1v) is 5.85. The van der Waals surface area contributed by atoms with E-state index in [2.05, 4.69) is 4.90 Å². The zero-order valence-electron chi connectivity index (χ0n) is 9.02. The second-order valence-corrected chi connectivity index (χ2v) is 4.46.